The second-order valence-corrected chi connectivity index (χ2v) is 5.94. The van der Waals surface area contributed by atoms with Crippen molar-refractivity contribution >= 4 is 21.9 Å². The molecule has 0 aliphatic carbocycles. The van der Waals surface area contributed by atoms with Crippen molar-refractivity contribution in [2.45, 2.75) is 6.10 Å². The van der Waals surface area contributed by atoms with Gasteiger partial charge in [-0.15, -0.1) is 0 Å². The zero-order chi connectivity index (χ0) is 16.1. The summed E-state index contributed by atoms with van der Waals surface area (Å²) in [5.41, 5.74) is 2.41. The number of hydrogen-bond donors (Lipinski definition) is 0. The predicted molar refractivity (Wildman–Crippen MR) is 94.3 cm³/mol. The van der Waals surface area contributed by atoms with Gasteiger partial charge in [0, 0.05) is 4.47 Å². The van der Waals surface area contributed by atoms with Crippen LogP contribution in [0.15, 0.2) is 89.4 Å². The molecule has 114 valence electrons. The molecular weight excluding hydrogens is 352 g/mol. The van der Waals surface area contributed by atoms with Crippen molar-refractivity contribution in [1.82, 2.24) is 0 Å². The number of esters is 1. The standard InChI is InChI=1S/C20H15BrO2/c21-18-14-8-7-13-17(18)20(22)23-19(15-9-3-1-4-10-15)16-11-5-2-6-12-16/h1-14,19H. The summed E-state index contributed by atoms with van der Waals surface area (Å²) in [6, 6.07) is 26.8. The van der Waals surface area contributed by atoms with Gasteiger partial charge in [0.1, 0.15) is 0 Å². The molecule has 2 nitrogen and oxygen atoms in total. The molecule has 0 radical (unpaired) electrons. The summed E-state index contributed by atoms with van der Waals surface area (Å²) in [4.78, 5) is 12.6. The molecule has 0 heterocycles. The number of carbonyl (C=O) groups excluding carboxylic acids is 1. The summed E-state index contributed by atoms with van der Waals surface area (Å²) in [6.07, 6.45) is -0.433. The average molecular weight is 367 g/mol. The van der Waals surface area contributed by atoms with Crippen LogP contribution in [-0.4, -0.2) is 5.97 Å². The average Bonchev–Trinajstić information content (AvgIpc) is 2.61. The number of rotatable bonds is 4. The normalized spacial score (nSPS) is 10.5. The van der Waals surface area contributed by atoms with Crippen LogP contribution in [0.2, 0.25) is 0 Å². The Morgan fingerprint density at radius 1 is 0.739 bits per heavy atom. The van der Waals surface area contributed by atoms with Gasteiger partial charge in [-0.05, 0) is 39.2 Å². The van der Waals surface area contributed by atoms with Crippen LogP contribution in [0.3, 0.4) is 0 Å². The Morgan fingerprint density at radius 2 is 1.22 bits per heavy atom. The van der Waals surface area contributed by atoms with Crippen molar-refractivity contribution in [3.05, 3.63) is 106 Å². The lowest BCUT2D eigenvalue weighted by molar-refractivity contribution is 0.0377. The molecular formula is C20H15BrO2. The van der Waals surface area contributed by atoms with Crippen molar-refractivity contribution in [3.63, 3.8) is 0 Å². The molecule has 23 heavy (non-hydrogen) atoms. The van der Waals surface area contributed by atoms with Crippen molar-refractivity contribution in [1.29, 1.82) is 0 Å². The van der Waals surface area contributed by atoms with Crippen molar-refractivity contribution in [2.24, 2.45) is 0 Å². The fraction of sp³-hybridized carbons (Fsp3) is 0.0500. The van der Waals surface area contributed by atoms with E-state index in [1.54, 1.807) is 6.07 Å². The van der Waals surface area contributed by atoms with Gasteiger partial charge in [0.25, 0.3) is 0 Å². The highest BCUT2D eigenvalue weighted by Crippen LogP contribution is 2.28. The van der Waals surface area contributed by atoms with Crippen LogP contribution >= 0.6 is 15.9 Å². The Morgan fingerprint density at radius 3 is 1.74 bits per heavy atom. The highest BCUT2D eigenvalue weighted by Gasteiger charge is 2.20. The van der Waals surface area contributed by atoms with E-state index in [-0.39, 0.29) is 5.97 Å². The van der Waals surface area contributed by atoms with Gasteiger partial charge >= 0.3 is 5.97 Å². The van der Waals surface area contributed by atoms with Gasteiger partial charge in [0.05, 0.1) is 5.56 Å². The first-order valence-electron chi connectivity index (χ1n) is 7.31. The molecule has 0 N–H and O–H groups in total. The van der Waals surface area contributed by atoms with Crippen LogP contribution in [-0.2, 0) is 4.74 Å². The lowest BCUT2D eigenvalue weighted by atomic mass is 10.0. The van der Waals surface area contributed by atoms with Gasteiger partial charge in [-0.2, -0.15) is 0 Å². The summed E-state index contributed by atoms with van der Waals surface area (Å²) >= 11 is 3.40. The third kappa shape index (κ3) is 3.69. The third-order valence-corrected chi connectivity index (χ3v) is 4.21. The van der Waals surface area contributed by atoms with E-state index in [0.717, 1.165) is 15.6 Å². The van der Waals surface area contributed by atoms with Gasteiger partial charge in [0.2, 0.25) is 0 Å². The number of carbonyl (C=O) groups is 1. The molecule has 3 aromatic carbocycles. The van der Waals surface area contributed by atoms with Gasteiger partial charge in [-0.1, -0.05) is 72.8 Å². The lowest BCUT2D eigenvalue weighted by Gasteiger charge is -2.19. The number of hydrogen-bond acceptors (Lipinski definition) is 2. The third-order valence-electron chi connectivity index (χ3n) is 3.52. The van der Waals surface area contributed by atoms with E-state index in [0.29, 0.717) is 5.56 Å². The van der Waals surface area contributed by atoms with Crippen molar-refractivity contribution < 1.29 is 9.53 Å². The molecule has 0 saturated heterocycles. The minimum atomic E-state index is -0.433. The van der Waals surface area contributed by atoms with E-state index >= 15 is 0 Å². The van der Waals surface area contributed by atoms with Crippen LogP contribution in [0.4, 0.5) is 0 Å². The molecule has 0 aliphatic heterocycles. The Labute approximate surface area is 143 Å². The van der Waals surface area contributed by atoms with E-state index in [4.69, 9.17) is 4.74 Å². The maximum Gasteiger partial charge on any atom is 0.340 e. The highest BCUT2D eigenvalue weighted by atomic mass is 79.9. The fourth-order valence-corrected chi connectivity index (χ4v) is 2.83. The second kappa shape index (κ2) is 7.25. The summed E-state index contributed by atoms with van der Waals surface area (Å²) in [7, 11) is 0. The van der Waals surface area contributed by atoms with Crippen molar-refractivity contribution in [3.8, 4) is 0 Å². The molecule has 3 aromatic rings. The zero-order valence-electron chi connectivity index (χ0n) is 12.4. The summed E-state index contributed by atoms with van der Waals surface area (Å²) < 4.78 is 6.55. The van der Waals surface area contributed by atoms with Gasteiger partial charge in [-0.3, -0.25) is 0 Å². The maximum atomic E-state index is 12.6. The summed E-state index contributed by atoms with van der Waals surface area (Å²) in [5.74, 6) is -0.352. The maximum absolute atomic E-state index is 12.6. The molecule has 0 aliphatic rings. The molecule has 3 rings (SSSR count). The predicted octanol–water partition coefficient (Wildman–Crippen LogP) is 5.40. The molecule has 0 amide bonds. The largest absolute Gasteiger partial charge is 0.449 e. The first-order valence-corrected chi connectivity index (χ1v) is 8.10. The molecule has 0 saturated carbocycles. The first kappa shape index (κ1) is 15.5. The Hall–Kier alpha value is -2.39. The number of benzene rings is 3. The molecule has 3 heteroatoms. The zero-order valence-corrected chi connectivity index (χ0v) is 13.9. The summed E-state index contributed by atoms with van der Waals surface area (Å²) in [6.45, 7) is 0. The fourth-order valence-electron chi connectivity index (χ4n) is 2.38. The van der Waals surface area contributed by atoms with Crippen LogP contribution in [0, 0.1) is 0 Å². The topological polar surface area (TPSA) is 26.3 Å². The molecule has 0 unspecified atom stereocenters. The van der Waals surface area contributed by atoms with E-state index in [2.05, 4.69) is 15.9 Å². The molecule has 0 bridgehead atoms. The minimum absolute atomic E-state index is 0.352. The van der Waals surface area contributed by atoms with E-state index in [1.165, 1.54) is 0 Å². The van der Waals surface area contributed by atoms with Crippen LogP contribution in [0.5, 0.6) is 0 Å². The van der Waals surface area contributed by atoms with Crippen LogP contribution in [0.1, 0.15) is 27.6 Å². The quantitative estimate of drug-likeness (QED) is 0.578. The van der Waals surface area contributed by atoms with E-state index in [1.807, 2.05) is 78.9 Å². The van der Waals surface area contributed by atoms with Gasteiger partial charge < -0.3 is 4.74 Å². The Bertz CT molecular complexity index is 746. The van der Waals surface area contributed by atoms with E-state index in [9.17, 15) is 4.79 Å². The molecule has 0 spiro atoms. The van der Waals surface area contributed by atoms with Crippen molar-refractivity contribution in [2.75, 3.05) is 0 Å². The lowest BCUT2D eigenvalue weighted by Crippen LogP contribution is -2.13. The monoisotopic (exact) mass is 366 g/mol. The van der Waals surface area contributed by atoms with Crippen LogP contribution < -0.4 is 0 Å². The highest BCUT2D eigenvalue weighted by molar-refractivity contribution is 9.10. The minimum Gasteiger partial charge on any atom is -0.449 e. The second-order valence-electron chi connectivity index (χ2n) is 5.09. The number of halogens is 1. The van der Waals surface area contributed by atoms with Gasteiger partial charge in [-0.25, -0.2) is 4.79 Å². The van der Waals surface area contributed by atoms with Crippen LogP contribution in [0.25, 0.3) is 0 Å². The molecule has 0 atom stereocenters. The molecule has 0 fully saturated rings. The SMILES string of the molecule is O=C(OC(c1ccccc1)c1ccccc1)c1ccccc1Br. The first-order chi connectivity index (χ1) is 11.3. The number of ether oxygens (including phenoxy) is 1. The Balaban J connectivity index is 1.94. The summed E-state index contributed by atoms with van der Waals surface area (Å²) in [5, 5.41) is 0. The smallest absolute Gasteiger partial charge is 0.340 e. The Kier molecular flexibility index (Phi) is 4.89. The van der Waals surface area contributed by atoms with Gasteiger partial charge in [0.15, 0.2) is 6.10 Å². The molecule has 0 aromatic heterocycles. The van der Waals surface area contributed by atoms with E-state index < -0.39 is 6.10 Å².